The van der Waals surface area contributed by atoms with Gasteiger partial charge in [0.2, 0.25) is 5.76 Å². The molecule has 7 heteroatoms. The van der Waals surface area contributed by atoms with E-state index in [9.17, 15) is 9.59 Å². The molecule has 28 heavy (non-hydrogen) atoms. The van der Waals surface area contributed by atoms with Gasteiger partial charge >= 0.3 is 5.97 Å². The van der Waals surface area contributed by atoms with Crippen molar-refractivity contribution in [1.82, 2.24) is 0 Å². The first kappa shape index (κ1) is 19.6. The zero-order valence-electron chi connectivity index (χ0n) is 15.2. The Morgan fingerprint density at radius 2 is 1.75 bits per heavy atom. The highest BCUT2D eigenvalue weighted by Crippen LogP contribution is 2.24. The zero-order chi connectivity index (χ0) is 19.8. The van der Waals surface area contributed by atoms with Gasteiger partial charge in [-0.3, -0.25) is 4.79 Å². The predicted molar refractivity (Wildman–Crippen MR) is 107 cm³/mol. The van der Waals surface area contributed by atoms with Crippen molar-refractivity contribution in [3.05, 3.63) is 78.3 Å². The zero-order valence-corrected chi connectivity index (χ0v) is 16.0. The lowest BCUT2D eigenvalue weighted by molar-refractivity contribution is -0.119. The Hall–Kier alpha value is -3.19. The average molecular weight is 397 g/mol. The normalized spacial score (nSPS) is 10.3. The Morgan fingerprint density at radius 1 is 1.00 bits per heavy atom. The van der Waals surface area contributed by atoms with Crippen LogP contribution < -0.4 is 10.1 Å². The second-order valence-corrected chi connectivity index (χ2v) is 6.54. The fourth-order valence-electron chi connectivity index (χ4n) is 2.37. The molecule has 0 saturated carbocycles. The molecule has 0 saturated heterocycles. The fraction of sp³-hybridized carbons (Fsp3) is 0.143. The summed E-state index contributed by atoms with van der Waals surface area (Å²) in [7, 11) is 0. The predicted octanol–water partition coefficient (Wildman–Crippen LogP) is 4.38. The van der Waals surface area contributed by atoms with Crippen molar-refractivity contribution in [2.24, 2.45) is 0 Å². The molecule has 2 aromatic carbocycles. The smallest absolute Gasteiger partial charge is 0.374 e. The molecule has 0 aliphatic rings. The fourth-order valence-corrected chi connectivity index (χ4v) is 2.93. The average Bonchev–Trinajstić information content (AvgIpc) is 3.21. The molecular formula is C21H19NO5S. The highest BCUT2D eigenvalue weighted by atomic mass is 32.2. The van der Waals surface area contributed by atoms with Gasteiger partial charge in [0, 0.05) is 4.90 Å². The standard InChI is InChI=1S/C21H19NO5S/c1-28-19-10-6-5-9-17(19)22-20(23)14-26-21(24)18-12-11-16(27-18)13-25-15-7-3-2-4-8-15/h2-12H,13-14H2,1H3,(H,22,23). The molecule has 0 atom stereocenters. The van der Waals surface area contributed by atoms with Gasteiger partial charge in [0.15, 0.2) is 6.61 Å². The first-order valence-electron chi connectivity index (χ1n) is 8.52. The molecule has 3 rings (SSSR count). The van der Waals surface area contributed by atoms with Crippen molar-refractivity contribution in [2.75, 3.05) is 18.2 Å². The van der Waals surface area contributed by atoms with E-state index in [0.29, 0.717) is 17.2 Å². The van der Waals surface area contributed by atoms with Crippen LogP contribution >= 0.6 is 11.8 Å². The summed E-state index contributed by atoms with van der Waals surface area (Å²) >= 11 is 1.52. The molecule has 0 bridgehead atoms. The van der Waals surface area contributed by atoms with Crippen molar-refractivity contribution in [3.8, 4) is 5.75 Å². The van der Waals surface area contributed by atoms with Crippen molar-refractivity contribution in [3.63, 3.8) is 0 Å². The molecule has 0 spiro atoms. The van der Waals surface area contributed by atoms with Crippen LogP contribution in [0.25, 0.3) is 0 Å². The lowest BCUT2D eigenvalue weighted by Crippen LogP contribution is -2.21. The van der Waals surface area contributed by atoms with E-state index in [2.05, 4.69) is 5.32 Å². The SMILES string of the molecule is CSc1ccccc1NC(=O)COC(=O)c1ccc(COc2ccccc2)o1. The molecule has 1 N–H and O–H groups in total. The van der Waals surface area contributed by atoms with E-state index in [1.54, 1.807) is 12.1 Å². The van der Waals surface area contributed by atoms with Crippen LogP contribution in [0.3, 0.4) is 0 Å². The van der Waals surface area contributed by atoms with Crippen molar-refractivity contribution in [2.45, 2.75) is 11.5 Å². The Morgan fingerprint density at radius 3 is 2.54 bits per heavy atom. The van der Waals surface area contributed by atoms with Crippen LogP contribution in [0.1, 0.15) is 16.3 Å². The molecule has 0 fully saturated rings. The van der Waals surface area contributed by atoms with Crippen molar-refractivity contribution < 1.29 is 23.5 Å². The molecule has 1 amide bonds. The van der Waals surface area contributed by atoms with Crippen LogP contribution in [0.2, 0.25) is 0 Å². The highest BCUT2D eigenvalue weighted by Gasteiger charge is 2.15. The maximum Gasteiger partial charge on any atom is 0.374 e. The van der Waals surface area contributed by atoms with Gasteiger partial charge in [0.05, 0.1) is 5.69 Å². The third kappa shape index (κ3) is 5.40. The molecule has 144 valence electrons. The van der Waals surface area contributed by atoms with E-state index < -0.39 is 18.5 Å². The number of ether oxygens (including phenoxy) is 2. The molecule has 0 aliphatic heterocycles. The third-order valence-corrected chi connectivity index (χ3v) is 4.50. The number of furan rings is 1. The topological polar surface area (TPSA) is 77.8 Å². The number of hydrogen-bond acceptors (Lipinski definition) is 6. The summed E-state index contributed by atoms with van der Waals surface area (Å²) in [5.41, 5.74) is 0.675. The van der Waals surface area contributed by atoms with E-state index >= 15 is 0 Å². The minimum absolute atomic E-state index is 0.0176. The summed E-state index contributed by atoms with van der Waals surface area (Å²) in [4.78, 5) is 25.0. The van der Waals surface area contributed by atoms with Gasteiger partial charge in [0.1, 0.15) is 18.1 Å². The van der Waals surface area contributed by atoms with Crippen LogP contribution in [-0.2, 0) is 16.1 Å². The Balaban J connectivity index is 1.48. The van der Waals surface area contributed by atoms with Crippen LogP contribution in [0, 0.1) is 0 Å². The first-order valence-corrected chi connectivity index (χ1v) is 9.75. The number of rotatable bonds is 8. The van der Waals surface area contributed by atoms with Gasteiger partial charge in [0.25, 0.3) is 5.91 Å². The Labute approximate surface area is 166 Å². The van der Waals surface area contributed by atoms with Crippen LogP contribution in [-0.4, -0.2) is 24.7 Å². The summed E-state index contributed by atoms with van der Waals surface area (Å²) in [5, 5.41) is 2.72. The van der Waals surface area contributed by atoms with E-state index in [0.717, 1.165) is 4.90 Å². The Bertz CT molecular complexity index is 939. The van der Waals surface area contributed by atoms with Gasteiger partial charge in [-0.05, 0) is 42.7 Å². The van der Waals surface area contributed by atoms with Gasteiger partial charge in [-0.1, -0.05) is 30.3 Å². The maximum atomic E-state index is 12.1. The summed E-state index contributed by atoms with van der Waals surface area (Å²) in [5.74, 6) is 0.0663. The molecule has 1 aromatic heterocycles. The van der Waals surface area contributed by atoms with Gasteiger partial charge in [-0.25, -0.2) is 4.79 Å². The van der Waals surface area contributed by atoms with Gasteiger partial charge < -0.3 is 19.2 Å². The summed E-state index contributed by atoms with van der Waals surface area (Å²) in [6.45, 7) is -0.221. The Kier molecular flexibility index (Phi) is 6.75. The van der Waals surface area contributed by atoms with Crippen molar-refractivity contribution >= 4 is 29.3 Å². The van der Waals surface area contributed by atoms with E-state index in [1.165, 1.54) is 17.8 Å². The van der Waals surface area contributed by atoms with Crippen LogP contribution in [0.4, 0.5) is 5.69 Å². The van der Waals surface area contributed by atoms with E-state index in [4.69, 9.17) is 13.9 Å². The molecule has 3 aromatic rings. The molecule has 0 unspecified atom stereocenters. The number of hydrogen-bond donors (Lipinski definition) is 1. The van der Waals surface area contributed by atoms with E-state index in [-0.39, 0.29) is 12.4 Å². The number of carbonyl (C=O) groups excluding carboxylic acids is 2. The molecule has 0 radical (unpaired) electrons. The summed E-state index contributed by atoms with van der Waals surface area (Å²) in [6, 6.07) is 19.8. The van der Waals surface area contributed by atoms with Crippen LogP contribution in [0.5, 0.6) is 5.75 Å². The quantitative estimate of drug-likeness (QED) is 0.449. The van der Waals surface area contributed by atoms with E-state index in [1.807, 2.05) is 54.8 Å². The minimum atomic E-state index is -0.709. The first-order chi connectivity index (χ1) is 13.7. The highest BCUT2D eigenvalue weighted by molar-refractivity contribution is 7.98. The monoisotopic (exact) mass is 397 g/mol. The number of thioether (sulfide) groups is 1. The maximum absolute atomic E-state index is 12.1. The van der Waals surface area contributed by atoms with Crippen molar-refractivity contribution in [1.29, 1.82) is 0 Å². The summed E-state index contributed by atoms with van der Waals surface area (Å²) < 4.78 is 16.0. The second kappa shape index (κ2) is 9.66. The van der Waals surface area contributed by atoms with Gasteiger partial charge in [-0.15, -0.1) is 11.8 Å². The molecule has 0 aliphatic carbocycles. The minimum Gasteiger partial charge on any atom is -0.486 e. The largest absolute Gasteiger partial charge is 0.486 e. The number of nitrogens with one attached hydrogen (secondary N) is 1. The number of esters is 1. The number of benzene rings is 2. The molecule has 1 heterocycles. The number of carbonyl (C=O) groups is 2. The molecular weight excluding hydrogens is 378 g/mol. The third-order valence-electron chi connectivity index (χ3n) is 3.70. The summed E-state index contributed by atoms with van der Waals surface area (Å²) in [6.07, 6.45) is 1.92. The number of amides is 1. The number of para-hydroxylation sites is 2. The lowest BCUT2D eigenvalue weighted by Gasteiger charge is -2.09. The molecule has 6 nitrogen and oxygen atoms in total. The van der Waals surface area contributed by atoms with Gasteiger partial charge in [-0.2, -0.15) is 0 Å². The number of anilines is 1. The lowest BCUT2D eigenvalue weighted by atomic mass is 10.3. The van der Waals surface area contributed by atoms with Crippen LogP contribution in [0.15, 0.2) is 76.0 Å². The second-order valence-electron chi connectivity index (χ2n) is 5.69.